The van der Waals surface area contributed by atoms with Gasteiger partial charge in [0.25, 0.3) is 0 Å². The number of hydrogen-bond donors (Lipinski definition) is 1. The summed E-state index contributed by atoms with van der Waals surface area (Å²) in [6.45, 7) is 5.57. The number of aliphatic carboxylic acids is 1. The predicted molar refractivity (Wildman–Crippen MR) is 105 cm³/mol. The van der Waals surface area contributed by atoms with Gasteiger partial charge in [-0.15, -0.1) is 0 Å². The second kappa shape index (κ2) is 7.78. The first kappa shape index (κ1) is 21.5. The minimum Gasteiger partial charge on any atom is -0.478 e. The van der Waals surface area contributed by atoms with Crippen molar-refractivity contribution >= 4 is 23.8 Å². The van der Waals surface area contributed by atoms with Gasteiger partial charge in [-0.05, 0) is 32.3 Å². The number of nitrogens with zero attached hydrogens (tertiary/aromatic N) is 1. The molecule has 1 N–H and O–H groups in total. The van der Waals surface area contributed by atoms with Crippen LogP contribution >= 0.6 is 0 Å². The maximum Gasteiger partial charge on any atom is 0.336 e. The zero-order valence-electron chi connectivity index (χ0n) is 17.8. The van der Waals surface area contributed by atoms with E-state index in [0.29, 0.717) is 37.8 Å². The first-order valence-corrected chi connectivity index (χ1v) is 10.7. The van der Waals surface area contributed by atoms with E-state index in [0.717, 1.165) is 6.08 Å². The van der Waals surface area contributed by atoms with Crippen LogP contribution in [0.15, 0.2) is 23.4 Å². The fraction of sp³-hybridized carbons (Fsp3) is 0.636. The molecule has 0 unspecified atom stereocenters. The fourth-order valence-corrected chi connectivity index (χ4v) is 5.24. The minimum absolute atomic E-state index is 0.182. The Morgan fingerprint density at radius 1 is 1.35 bits per heavy atom. The number of amides is 1. The number of cyclic esters (lactones) is 1. The number of ether oxygens (including phenoxy) is 3. The van der Waals surface area contributed by atoms with Crippen molar-refractivity contribution in [2.24, 2.45) is 17.8 Å². The fourth-order valence-electron chi connectivity index (χ4n) is 5.24. The molecule has 0 aromatic heterocycles. The smallest absolute Gasteiger partial charge is 0.336 e. The molecular weight excluding hydrogens is 406 g/mol. The monoisotopic (exact) mass is 433 g/mol. The van der Waals surface area contributed by atoms with Crippen LogP contribution in [0.3, 0.4) is 0 Å². The van der Waals surface area contributed by atoms with Crippen LogP contribution in [0.5, 0.6) is 0 Å². The van der Waals surface area contributed by atoms with Crippen molar-refractivity contribution in [3.05, 3.63) is 23.4 Å². The molecule has 3 fully saturated rings. The molecule has 168 valence electrons. The van der Waals surface area contributed by atoms with E-state index in [-0.39, 0.29) is 17.5 Å². The molecule has 0 aromatic rings. The van der Waals surface area contributed by atoms with E-state index in [1.54, 1.807) is 19.9 Å². The molecule has 0 aromatic carbocycles. The molecule has 0 aliphatic carbocycles. The number of carboxylic acid groups (broad SMARTS) is 1. The lowest BCUT2D eigenvalue weighted by Gasteiger charge is -2.32. The van der Waals surface area contributed by atoms with E-state index in [1.165, 1.54) is 4.90 Å². The standard InChI is InChI=1S/C22H27NO8/c1-4-13-18-15(30-22(13)10-12(3)21(28)31-22)6-5-7-23(19(18)26)14(9-17(24)25)16-8-11(2)20(27)29-16/h9-11,13,15-16,18H,4-8H2,1-3H3,(H,24,25)/b14-9-/t11-,13-,15+,16-,18-,22+/m0/s1. The SMILES string of the molecule is CC[C@H]1[C@@H]2C(=O)N(/C(=C\C(=O)O)[C@@H]3C[C@H](C)C(=O)O3)CCC[C@H]2O[C@@]12C=C(C)C(=O)O2. The molecule has 1 spiro atoms. The summed E-state index contributed by atoms with van der Waals surface area (Å²) in [4.78, 5) is 50.8. The van der Waals surface area contributed by atoms with Crippen LogP contribution in [0.25, 0.3) is 0 Å². The summed E-state index contributed by atoms with van der Waals surface area (Å²) < 4.78 is 17.2. The average molecular weight is 433 g/mol. The van der Waals surface area contributed by atoms with Crippen LogP contribution in [-0.2, 0) is 33.4 Å². The van der Waals surface area contributed by atoms with Crippen molar-refractivity contribution in [3.63, 3.8) is 0 Å². The summed E-state index contributed by atoms with van der Waals surface area (Å²) >= 11 is 0. The third-order valence-electron chi connectivity index (χ3n) is 6.68. The van der Waals surface area contributed by atoms with E-state index in [9.17, 15) is 24.3 Å². The number of carbonyl (C=O) groups excluding carboxylic acids is 3. The lowest BCUT2D eigenvalue weighted by Crippen LogP contribution is -2.44. The Morgan fingerprint density at radius 2 is 2.10 bits per heavy atom. The Labute approximate surface area is 180 Å². The van der Waals surface area contributed by atoms with Crippen molar-refractivity contribution < 1.29 is 38.5 Å². The Balaban J connectivity index is 1.69. The van der Waals surface area contributed by atoms with Gasteiger partial charge in [0.15, 0.2) is 0 Å². The van der Waals surface area contributed by atoms with Crippen LogP contribution in [-0.4, -0.2) is 58.4 Å². The van der Waals surface area contributed by atoms with E-state index >= 15 is 0 Å². The summed E-state index contributed by atoms with van der Waals surface area (Å²) in [7, 11) is 0. The molecule has 4 heterocycles. The van der Waals surface area contributed by atoms with Crippen LogP contribution in [0, 0.1) is 17.8 Å². The quantitative estimate of drug-likeness (QED) is 0.526. The molecule has 3 saturated heterocycles. The second-order valence-electron chi connectivity index (χ2n) is 8.74. The van der Waals surface area contributed by atoms with Gasteiger partial charge in [-0.3, -0.25) is 9.59 Å². The minimum atomic E-state index is -1.27. The van der Waals surface area contributed by atoms with Crippen molar-refractivity contribution in [2.45, 2.75) is 64.4 Å². The largest absolute Gasteiger partial charge is 0.478 e. The Morgan fingerprint density at radius 3 is 2.65 bits per heavy atom. The topological polar surface area (TPSA) is 119 Å². The van der Waals surface area contributed by atoms with Gasteiger partial charge in [-0.2, -0.15) is 0 Å². The summed E-state index contributed by atoms with van der Waals surface area (Å²) in [5, 5.41) is 9.43. The molecule has 4 aliphatic heterocycles. The second-order valence-corrected chi connectivity index (χ2v) is 8.74. The number of fused-ring (bicyclic) bond motifs is 1. The van der Waals surface area contributed by atoms with Crippen LogP contribution in [0.4, 0.5) is 0 Å². The average Bonchev–Trinajstić information content (AvgIpc) is 3.25. The first-order valence-electron chi connectivity index (χ1n) is 10.7. The first-order chi connectivity index (χ1) is 14.7. The lowest BCUT2D eigenvalue weighted by atomic mass is 9.81. The molecule has 0 saturated carbocycles. The van der Waals surface area contributed by atoms with Gasteiger partial charge in [-0.25, -0.2) is 9.59 Å². The van der Waals surface area contributed by atoms with Crippen molar-refractivity contribution in [1.29, 1.82) is 0 Å². The normalized spacial score (nSPS) is 38.1. The lowest BCUT2D eigenvalue weighted by molar-refractivity contribution is -0.204. The van der Waals surface area contributed by atoms with Gasteiger partial charge < -0.3 is 24.2 Å². The Hall–Kier alpha value is -2.68. The zero-order valence-corrected chi connectivity index (χ0v) is 17.8. The highest BCUT2D eigenvalue weighted by atomic mass is 16.7. The molecule has 9 nitrogen and oxygen atoms in total. The van der Waals surface area contributed by atoms with Crippen LogP contribution < -0.4 is 0 Å². The Kier molecular flexibility index (Phi) is 5.41. The zero-order chi connectivity index (χ0) is 22.5. The summed E-state index contributed by atoms with van der Waals surface area (Å²) in [6, 6.07) is 0. The number of carbonyl (C=O) groups is 4. The highest BCUT2D eigenvalue weighted by molar-refractivity contribution is 5.91. The number of rotatable bonds is 4. The van der Waals surface area contributed by atoms with E-state index in [4.69, 9.17) is 14.2 Å². The number of likely N-dealkylation sites (tertiary alicyclic amines) is 1. The maximum absolute atomic E-state index is 13.8. The molecule has 6 atom stereocenters. The van der Waals surface area contributed by atoms with E-state index in [1.807, 2.05) is 6.92 Å². The molecular formula is C22H27NO8. The molecule has 4 rings (SSSR count). The summed E-state index contributed by atoms with van der Waals surface area (Å²) in [5.41, 5.74) is 0.624. The predicted octanol–water partition coefficient (Wildman–Crippen LogP) is 1.77. The molecule has 0 radical (unpaired) electrons. The molecule has 31 heavy (non-hydrogen) atoms. The maximum atomic E-state index is 13.8. The van der Waals surface area contributed by atoms with Crippen LogP contribution in [0.1, 0.15) is 46.5 Å². The number of hydrogen-bond acceptors (Lipinski definition) is 7. The van der Waals surface area contributed by atoms with Gasteiger partial charge in [0.1, 0.15) is 6.10 Å². The number of esters is 2. The summed E-state index contributed by atoms with van der Waals surface area (Å²) in [6.07, 6.45) is 3.36. The third-order valence-corrected chi connectivity index (χ3v) is 6.68. The van der Waals surface area contributed by atoms with Gasteiger partial charge in [0, 0.05) is 30.5 Å². The van der Waals surface area contributed by atoms with Crippen molar-refractivity contribution in [2.75, 3.05) is 6.54 Å². The van der Waals surface area contributed by atoms with Crippen LogP contribution in [0.2, 0.25) is 0 Å². The summed E-state index contributed by atoms with van der Waals surface area (Å²) in [5.74, 6) is -5.01. The third kappa shape index (κ3) is 3.54. The molecule has 9 heteroatoms. The molecule has 0 bridgehead atoms. The highest BCUT2D eigenvalue weighted by Gasteiger charge is 2.61. The van der Waals surface area contributed by atoms with Gasteiger partial charge in [-0.1, -0.05) is 13.8 Å². The van der Waals surface area contributed by atoms with Gasteiger partial charge in [0.2, 0.25) is 11.7 Å². The molecule has 1 amide bonds. The van der Waals surface area contributed by atoms with E-state index < -0.39 is 47.7 Å². The van der Waals surface area contributed by atoms with E-state index in [2.05, 4.69) is 0 Å². The Bertz CT molecular complexity index is 892. The number of carboxylic acids is 1. The van der Waals surface area contributed by atoms with Crippen molar-refractivity contribution in [1.82, 2.24) is 4.90 Å². The van der Waals surface area contributed by atoms with Crippen molar-refractivity contribution in [3.8, 4) is 0 Å². The van der Waals surface area contributed by atoms with Gasteiger partial charge >= 0.3 is 17.9 Å². The van der Waals surface area contributed by atoms with Gasteiger partial charge in [0.05, 0.1) is 23.6 Å². The molecule has 4 aliphatic rings. The highest BCUT2D eigenvalue weighted by Crippen LogP contribution is 2.50.